The first-order chi connectivity index (χ1) is 9.74. The Morgan fingerprint density at radius 2 is 1.70 bits per heavy atom. The highest BCUT2D eigenvalue weighted by atomic mass is 16.5. The van der Waals surface area contributed by atoms with Crippen molar-refractivity contribution in [2.24, 2.45) is 0 Å². The fourth-order valence-electron chi connectivity index (χ4n) is 2.14. The zero-order valence-corrected chi connectivity index (χ0v) is 11.0. The summed E-state index contributed by atoms with van der Waals surface area (Å²) in [6, 6.07) is 19.3. The highest BCUT2D eigenvalue weighted by Crippen LogP contribution is 2.29. The molecule has 0 aliphatic heterocycles. The normalized spacial score (nSPS) is 10.4. The number of carbonyl (C=O) groups is 1. The van der Waals surface area contributed by atoms with Gasteiger partial charge in [0.1, 0.15) is 5.75 Å². The zero-order chi connectivity index (χ0) is 13.9. The van der Waals surface area contributed by atoms with Gasteiger partial charge in [0.15, 0.2) is 0 Å². The molecule has 0 aliphatic carbocycles. The molecule has 0 N–H and O–H groups in total. The average Bonchev–Trinajstić information content (AvgIpc) is 2.47. The van der Waals surface area contributed by atoms with Crippen molar-refractivity contribution in [2.45, 2.75) is 6.92 Å². The van der Waals surface area contributed by atoms with E-state index in [1.165, 1.54) is 6.92 Å². The summed E-state index contributed by atoms with van der Waals surface area (Å²) in [5.74, 6) is 0.210. The maximum absolute atomic E-state index is 11.3. The number of carbonyl (C=O) groups excluding carboxylic acids is 1. The van der Waals surface area contributed by atoms with Gasteiger partial charge in [0, 0.05) is 23.9 Å². The largest absolute Gasteiger partial charge is 0.426 e. The molecule has 3 aromatic rings. The van der Waals surface area contributed by atoms with Crippen LogP contribution < -0.4 is 4.74 Å². The van der Waals surface area contributed by atoms with Crippen molar-refractivity contribution >= 4 is 16.9 Å². The van der Waals surface area contributed by atoms with Crippen LogP contribution in [0.25, 0.3) is 22.2 Å². The van der Waals surface area contributed by atoms with Crippen molar-refractivity contribution in [1.29, 1.82) is 0 Å². The van der Waals surface area contributed by atoms with Gasteiger partial charge in [0.05, 0.1) is 11.2 Å². The number of esters is 1. The van der Waals surface area contributed by atoms with E-state index in [2.05, 4.69) is 4.98 Å². The molecule has 2 aromatic carbocycles. The Bertz CT molecular complexity index is 766. The minimum absolute atomic E-state index is 0.333. The predicted molar refractivity (Wildman–Crippen MR) is 78.5 cm³/mol. The number of hydrogen-bond acceptors (Lipinski definition) is 3. The lowest BCUT2D eigenvalue weighted by molar-refractivity contribution is -0.131. The molecule has 0 spiro atoms. The Hall–Kier alpha value is -2.68. The molecule has 1 heterocycles. The summed E-state index contributed by atoms with van der Waals surface area (Å²) in [6.07, 6.45) is 0. The molecule has 0 atom stereocenters. The van der Waals surface area contributed by atoms with Gasteiger partial charge >= 0.3 is 5.97 Å². The van der Waals surface area contributed by atoms with Gasteiger partial charge in [-0.2, -0.15) is 0 Å². The summed E-state index contributed by atoms with van der Waals surface area (Å²) in [4.78, 5) is 15.9. The molecular formula is C17H13NO2. The second-order valence-corrected chi connectivity index (χ2v) is 4.48. The maximum atomic E-state index is 11.3. The highest BCUT2D eigenvalue weighted by molar-refractivity contribution is 5.89. The molecule has 1 aromatic heterocycles. The molecule has 0 amide bonds. The predicted octanol–water partition coefficient (Wildman–Crippen LogP) is 3.83. The van der Waals surface area contributed by atoms with Crippen LogP contribution in [0.3, 0.4) is 0 Å². The summed E-state index contributed by atoms with van der Waals surface area (Å²) >= 11 is 0. The minimum atomic E-state index is -0.333. The molecule has 0 unspecified atom stereocenters. The number of aromatic nitrogens is 1. The van der Waals surface area contributed by atoms with Gasteiger partial charge in [-0.1, -0.05) is 42.5 Å². The third kappa shape index (κ3) is 2.38. The molecule has 0 radical (unpaired) electrons. The third-order valence-corrected chi connectivity index (χ3v) is 3.00. The van der Waals surface area contributed by atoms with Crippen molar-refractivity contribution in [3.05, 3.63) is 60.7 Å². The molecule has 0 saturated heterocycles. The number of para-hydroxylation sites is 1. The molecule has 0 bridgehead atoms. The quantitative estimate of drug-likeness (QED) is 0.660. The number of nitrogens with zero attached hydrogens (tertiary/aromatic N) is 1. The molecule has 0 fully saturated rings. The van der Waals surface area contributed by atoms with Crippen LogP contribution in [0.2, 0.25) is 0 Å². The Kier molecular flexibility index (Phi) is 3.17. The molecule has 0 aliphatic rings. The van der Waals surface area contributed by atoms with Gasteiger partial charge in [0.25, 0.3) is 0 Å². The van der Waals surface area contributed by atoms with Crippen molar-refractivity contribution in [3.63, 3.8) is 0 Å². The van der Waals surface area contributed by atoms with E-state index in [-0.39, 0.29) is 5.97 Å². The summed E-state index contributed by atoms with van der Waals surface area (Å²) < 4.78 is 5.31. The average molecular weight is 263 g/mol. The lowest BCUT2D eigenvalue weighted by atomic mass is 10.1. The lowest BCUT2D eigenvalue weighted by Crippen LogP contribution is -2.02. The monoisotopic (exact) mass is 263 g/mol. The summed E-state index contributed by atoms with van der Waals surface area (Å²) in [5, 5.41) is 0.836. The van der Waals surface area contributed by atoms with Crippen LogP contribution in [-0.2, 0) is 4.79 Å². The van der Waals surface area contributed by atoms with Gasteiger partial charge in [-0.05, 0) is 12.1 Å². The topological polar surface area (TPSA) is 39.2 Å². The van der Waals surface area contributed by atoms with Crippen LogP contribution in [-0.4, -0.2) is 11.0 Å². The number of fused-ring (bicyclic) bond motifs is 1. The second kappa shape index (κ2) is 5.13. The molecule has 98 valence electrons. The third-order valence-electron chi connectivity index (χ3n) is 3.00. The van der Waals surface area contributed by atoms with E-state index in [1.807, 2.05) is 54.6 Å². The highest BCUT2D eigenvalue weighted by Gasteiger charge is 2.09. The van der Waals surface area contributed by atoms with E-state index in [0.29, 0.717) is 5.75 Å². The van der Waals surface area contributed by atoms with Crippen molar-refractivity contribution < 1.29 is 9.53 Å². The molecule has 3 heteroatoms. The Morgan fingerprint density at radius 3 is 2.45 bits per heavy atom. The van der Waals surface area contributed by atoms with E-state index in [1.54, 1.807) is 6.07 Å². The Morgan fingerprint density at radius 1 is 1.00 bits per heavy atom. The lowest BCUT2D eigenvalue weighted by Gasteiger charge is -2.09. The molecule has 0 saturated carbocycles. The summed E-state index contributed by atoms with van der Waals surface area (Å²) in [6.45, 7) is 1.40. The maximum Gasteiger partial charge on any atom is 0.308 e. The molecular weight excluding hydrogens is 250 g/mol. The van der Waals surface area contributed by atoms with Crippen LogP contribution in [0.1, 0.15) is 6.92 Å². The van der Waals surface area contributed by atoms with Gasteiger partial charge in [-0.3, -0.25) is 4.79 Å². The minimum Gasteiger partial charge on any atom is -0.426 e. The van der Waals surface area contributed by atoms with Gasteiger partial charge in [-0.25, -0.2) is 4.98 Å². The molecule has 20 heavy (non-hydrogen) atoms. The standard InChI is InChI=1S/C17H13NO2/c1-12(19)20-17-11-16(13-7-3-2-4-8-13)18-15-10-6-5-9-14(15)17/h2-11H,1H3. The van der Waals surface area contributed by atoms with E-state index >= 15 is 0 Å². The molecule has 3 nitrogen and oxygen atoms in total. The van der Waals surface area contributed by atoms with Crippen molar-refractivity contribution in [2.75, 3.05) is 0 Å². The van der Waals surface area contributed by atoms with Crippen LogP contribution >= 0.6 is 0 Å². The van der Waals surface area contributed by atoms with Gasteiger partial charge in [0.2, 0.25) is 0 Å². The van der Waals surface area contributed by atoms with Gasteiger partial charge in [-0.15, -0.1) is 0 Å². The first-order valence-electron chi connectivity index (χ1n) is 6.37. The number of ether oxygens (including phenoxy) is 1. The number of pyridine rings is 1. The van der Waals surface area contributed by atoms with Crippen LogP contribution in [0, 0.1) is 0 Å². The first kappa shape index (κ1) is 12.4. The zero-order valence-electron chi connectivity index (χ0n) is 11.0. The van der Waals surface area contributed by atoms with E-state index < -0.39 is 0 Å². The summed E-state index contributed by atoms with van der Waals surface area (Å²) in [7, 11) is 0. The number of hydrogen-bond donors (Lipinski definition) is 0. The second-order valence-electron chi connectivity index (χ2n) is 4.48. The fraction of sp³-hybridized carbons (Fsp3) is 0.0588. The van der Waals surface area contributed by atoms with Crippen LogP contribution in [0.15, 0.2) is 60.7 Å². The van der Waals surface area contributed by atoms with E-state index in [4.69, 9.17) is 4.74 Å². The van der Waals surface area contributed by atoms with Crippen LogP contribution in [0.5, 0.6) is 5.75 Å². The summed E-state index contributed by atoms with van der Waals surface area (Å²) in [5.41, 5.74) is 2.59. The van der Waals surface area contributed by atoms with Crippen molar-refractivity contribution in [3.8, 4) is 17.0 Å². The van der Waals surface area contributed by atoms with Gasteiger partial charge < -0.3 is 4.74 Å². The SMILES string of the molecule is CC(=O)Oc1cc(-c2ccccc2)nc2ccccc12. The van der Waals surface area contributed by atoms with E-state index in [0.717, 1.165) is 22.2 Å². The van der Waals surface area contributed by atoms with Crippen LogP contribution in [0.4, 0.5) is 0 Å². The Balaban J connectivity index is 2.22. The smallest absolute Gasteiger partial charge is 0.308 e. The number of rotatable bonds is 2. The van der Waals surface area contributed by atoms with Crippen molar-refractivity contribution in [1.82, 2.24) is 4.98 Å². The van der Waals surface area contributed by atoms with E-state index in [9.17, 15) is 4.79 Å². The Labute approximate surface area is 116 Å². The fourth-order valence-corrected chi connectivity index (χ4v) is 2.14. The molecule has 3 rings (SSSR count). The first-order valence-corrected chi connectivity index (χ1v) is 6.37. The number of benzene rings is 2.